The van der Waals surface area contributed by atoms with Crippen molar-refractivity contribution in [3.05, 3.63) is 70.8 Å². The zero-order chi connectivity index (χ0) is 18.5. The van der Waals surface area contributed by atoms with Crippen LogP contribution in [0.15, 0.2) is 47.6 Å². The molecule has 0 bridgehead atoms. The Morgan fingerprint density at radius 1 is 1.23 bits per heavy atom. The summed E-state index contributed by atoms with van der Waals surface area (Å²) in [5.41, 5.74) is 1.73. The van der Waals surface area contributed by atoms with Gasteiger partial charge in [-0.05, 0) is 42.2 Å². The lowest BCUT2D eigenvalue weighted by Gasteiger charge is -2.32. The molecular weight excluding hydrogens is 362 g/mol. The first-order chi connectivity index (χ1) is 12.4. The summed E-state index contributed by atoms with van der Waals surface area (Å²) in [5.74, 6) is -2.31. The smallest absolute Gasteiger partial charge is 0.300 e. The second-order valence-electron chi connectivity index (χ2n) is 6.10. The average Bonchev–Trinajstić information content (AvgIpc) is 3.19. The van der Waals surface area contributed by atoms with E-state index in [0.717, 1.165) is 46.1 Å². The van der Waals surface area contributed by atoms with Gasteiger partial charge in [0.05, 0.1) is 0 Å². The van der Waals surface area contributed by atoms with Gasteiger partial charge in [0.1, 0.15) is 21.5 Å². The summed E-state index contributed by atoms with van der Waals surface area (Å²) in [5, 5.41) is 24.0. The van der Waals surface area contributed by atoms with Crippen molar-refractivity contribution >= 4 is 22.7 Å². The van der Waals surface area contributed by atoms with E-state index < -0.39 is 28.7 Å². The highest BCUT2D eigenvalue weighted by molar-refractivity contribution is 8.15. The lowest BCUT2D eigenvalue weighted by molar-refractivity contribution is -0.162. The number of rotatable bonds is 2. The van der Waals surface area contributed by atoms with Crippen LogP contribution < -0.4 is 0 Å². The fourth-order valence-corrected chi connectivity index (χ4v) is 4.83. The molecule has 4 rings (SSSR count). The number of benzene rings is 2. The average molecular weight is 376 g/mol. The third-order valence-electron chi connectivity index (χ3n) is 4.56. The number of carbonyl (C=O) groups excluding carboxylic acids is 1. The van der Waals surface area contributed by atoms with Crippen LogP contribution in [0.5, 0.6) is 0 Å². The predicted octanol–water partition coefficient (Wildman–Crippen LogP) is 2.31. The number of aliphatic hydroxyl groups is 2. The number of carbonyl (C=O) groups is 1. The minimum atomic E-state index is -2.25. The summed E-state index contributed by atoms with van der Waals surface area (Å²) in [7, 11) is 0. The molecule has 0 aromatic heterocycles. The number of thioether (sulfide) groups is 1. The van der Waals surface area contributed by atoms with Gasteiger partial charge in [-0.2, -0.15) is 5.10 Å². The van der Waals surface area contributed by atoms with Crippen LogP contribution >= 0.6 is 11.8 Å². The number of aliphatic hydroxyl groups excluding tert-OH is 1. The molecule has 134 valence electrons. The van der Waals surface area contributed by atoms with Gasteiger partial charge in [-0.25, -0.2) is 13.8 Å². The van der Waals surface area contributed by atoms with Gasteiger partial charge in [0, 0.05) is 5.56 Å². The van der Waals surface area contributed by atoms with E-state index in [9.17, 15) is 23.8 Å². The van der Waals surface area contributed by atoms with E-state index in [4.69, 9.17) is 0 Å². The van der Waals surface area contributed by atoms with Crippen LogP contribution in [-0.4, -0.2) is 32.5 Å². The minimum absolute atomic E-state index is 0.0681. The zero-order valence-corrected chi connectivity index (χ0v) is 14.2. The Morgan fingerprint density at radius 2 is 2.00 bits per heavy atom. The topological polar surface area (TPSA) is 73.1 Å². The molecule has 0 saturated carbocycles. The van der Waals surface area contributed by atoms with Crippen LogP contribution in [0.3, 0.4) is 0 Å². The van der Waals surface area contributed by atoms with E-state index in [-0.39, 0.29) is 10.6 Å². The summed E-state index contributed by atoms with van der Waals surface area (Å²) < 4.78 is 27.8. The molecule has 2 N–H and O–H groups in total. The van der Waals surface area contributed by atoms with Crippen LogP contribution in [0.25, 0.3) is 0 Å². The van der Waals surface area contributed by atoms with Gasteiger partial charge in [-0.3, -0.25) is 4.79 Å². The molecule has 1 aliphatic carbocycles. The van der Waals surface area contributed by atoms with Crippen molar-refractivity contribution in [1.29, 1.82) is 0 Å². The van der Waals surface area contributed by atoms with Crippen molar-refractivity contribution in [2.24, 2.45) is 5.10 Å². The molecule has 0 fully saturated rings. The molecule has 1 amide bonds. The number of halogens is 2. The second kappa shape index (κ2) is 6.15. The minimum Gasteiger partial charge on any atom is -0.361 e. The van der Waals surface area contributed by atoms with Crippen molar-refractivity contribution in [1.82, 2.24) is 5.01 Å². The summed E-state index contributed by atoms with van der Waals surface area (Å²) in [4.78, 5) is 11.4. The highest BCUT2D eigenvalue weighted by Gasteiger charge is 2.53. The number of hydrazone groups is 1. The standard InChI is InChI=1S/C18H14F2N2O3S/c19-11-5-6-14(20)12(9-11)15-21-22(16(23)17(24)25)18(26-15)8-7-10-3-1-2-4-13(10)18/h1-6,9,17,24-25H,7-8H2. The molecular formula is C18H14F2N2O3S. The third-order valence-corrected chi connectivity index (χ3v) is 5.99. The van der Waals surface area contributed by atoms with Gasteiger partial charge in [-0.1, -0.05) is 36.0 Å². The number of hydrogen-bond acceptors (Lipinski definition) is 5. The van der Waals surface area contributed by atoms with Crippen molar-refractivity contribution in [2.75, 3.05) is 0 Å². The number of nitrogens with zero attached hydrogens (tertiary/aromatic N) is 2. The first-order valence-corrected chi connectivity index (χ1v) is 8.76. The summed E-state index contributed by atoms with van der Waals surface area (Å²) in [6.45, 7) is 0. The molecule has 1 unspecified atom stereocenters. The van der Waals surface area contributed by atoms with Crippen LogP contribution in [0.2, 0.25) is 0 Å². The van der Waals surface area contributed by atoms with Gasteiger partial charge < -0.3 is 10.2 Å². The van der Waals surface area contributed by atoms with Gasteiger partial charge >= 0.3 is 5.91 Å². The van der Waals surface area contributed by atoms with E-state index in [1.807, 2.05) is 24.3 Å². The molecule has 0 saturated heterocycles. The molecule has 5 nitrogen and oxygen atoms in total. The predicted molar refractivity (Wildman–Crippen MR) is 92.0 cm³/mol. The van der Waals surface area contributed by atoms with Crippen LogP contribution in [0.1, 0.15) is 23.1 Å². The lowest BCUT2D eigenvalue weighted by Crippen LogP contribution is -2.44. The van der Waals surface area contributed by atoms with Gasteiger partial charge in [0.2, 0.25) is 6.29 Å². The lowest BCUT2D eigenvalue weighted by atomic mass is 10.1. The van der Waals surface area contributed by atoms with E-state index in [2.05, 4.69) is 5.10 Å². The number of amides is 1. The quantitative estimate of drug-likeness (QED) is 0.789. The third kappa shape index (κ3) is 2.53. The second-order valence-corrected chi connectivity index (χ2v) is 7.36. The van der Waals surface area contributed by atoms with Crippen LogP contribution in [0, 0.1) is 11.6 Å². The first kappa shape index (κ1) is 17.1. The highest BCUT2D eigenvalue weighted by atomic mass is 32.2. The Bertz CT molecular complexity index is 934. The molecule has 26 heavy (non-hydrogen) atoms. The molecule has 1 heterocycles. The summed E-state index contributed by atoms with van der Waals surface area (Å²) >= 11 is 1.12. The fourth-order valence-electron chi connectivity index (χ4n) is 3.39. The zero-order valence-electron chi connectivity index (χ0n) is 13.4. The van der Waals surface area contributed by atoms with Gasteiger partial charge in [0.15, 0.2) is 0 Å². The molecule has 2 aromatic carbocycles. The van der Waals surface area contributed by atoms with E-state index in [0.29, 0.717) is 12.8 Å². The molecule has 2 aromatic rings. The molecule has 1 atom stereocenters. The molecule has 2 aliphatic rings. The molecule has 1 aliphatic heterocycles. The monoisotopic (exact) mass is 376 g/mol. The Morgan fingerprint density at radius 3 is 2.77 bits per heavy atom. The summed E-state index contributed by atoms with van der Waals surface area (Å²) in [6.07, 6.45) is -1.12. The van der Waals surface area contributed by atoms with Gasteiger partial charge in [0.25, 0.3) is 0 Å². The SMILES string of the molecule is O=C(C(O)O)N1N=C(c2cc(F)ccc2F)SC12CCc1ccccc12. The van der Waals surface area contributed by atoms with Crippen molar-refractivity contribution in [2.45, 2.75) is 24.0 Å². The van der Waals surface area contributed by atoms with Crippen LogP contribution in [0.4, 0.5) is 8.78 Å². The Hall–Kier alpha value is -2.29. The van der Waals surface area contributed by atoms with E-state index >= 15 is 0 Å². The van der Waals surface area contributed by atoms with Crippen molar-refractivity contribution in [3.8, 4) is 0 Å². The molecule has 8 heteroatoms. The van der Waals surface area contributed by atoms with Crippen molar-refractivity contribution in [3.63, 3.8) is 0 Å². The molecule has 0 radical (unpaired) electrons. The maximum atomic E-state index is 14.2. The normalized spacial score (nSPS) is 21.4. The van der Waals surface area contributed by atoms with E-state index in [1.54, 1.807) is 0 Å². The summed E-state index contributed by atoms with van der Waals surface area (Å²) in [6, 6.07) is 10.4. The Labute approximate surface area is 151 Å². The highest BCUT2D eigenvalue weighted by Crippen LogP contribution is 2.54. The maximum absolute atomic E-state index is 14.2. The fraction of sp³-hybridized carbons (Fsp3) is 0.222. The Kier molecular flexibility index (Phi) is 4.06. The maximum Gasteiger partial charge on any atom is 0.300 e. The number of aryl methyl sites for hydroxylation is 1. The molecule has 1 spiro atoms. The van der Waals surface area contributed by atoms with E-state index in [1.165, 1.54) is 0 Å². The number of hydrogen-bond donors (Lipinski definition) is 2. The van der Waals surface area contributed by atoms with Crippen molar-refractivity contribution < 1.29 is 23.8 Å². The van der Waals surface area contributed by atoms with Crippen LogP contribution in [-0.2, 0) is 16.1 Å². The van der Waals surface area contributed by atoms with Gasteiger partial charge in [-0.15, -0.1) is 0 Å². The number of fused-ring (bicyclic) bond motifs is 2. The first-order valence-electron chi connectivity index (χ1n) is 7.94. The Balaban J connectivity index is 1.85. The largest absolute Gasteiger partial charge is 0.361 e.